The zero-order chi connectivity index (χ0) is 13.1. The smallest absolute Gasteiger partial charge is 0.147 e. The third-order valence-electron chi connectivity index (χ3n) is 2.59. The standard InChI is InChI=1S/C11H20N2O3S/c1-9(2)13-8-12-7-10(13)11(14)5-4-6-17(3,15)16/h7-9,11,14H,4-6H2,1-3H3. The van der Waals surface area contributed by atoms with Gasteiger partial charge in [-0.05, 0) is 26.7 Å². The summed E-state index contributed by atoms with van der Waals surface area (Å²) in [6, 6.07) is 0.233. The highest BCUT2D eigenvalue weighted by molar-refractivity contribution is 7.90. The Morgan fingerprint density at radius 1 is 1.47 bits per heavy atom. The lowest BCUT2D eigenvalue weighted by molar-refractivity contribution is 0.156. The Hall–Kier alpha value is -0.880. The van der Waals surface area contributed by atoms with Gasteiger partial charge in [0.25, 0.3) is 0 Å². The van der Waals surface area contributed by atoms with Crippen molar-refractivity contribution in [3.05, 3.63) is 18.2 Å². The summed E-state index contributed by atoms with van der Waals surface area (Å²) in [6.45, 7) is 4.02. The van der Waals surface area contributed by atoms with Crippen molar-refractivity contribution in [1.29, 1.82) is 0 Å². The molecule has 0 aliphatic rings. The highest BCUT2D eigenvalue weighted by atomic mass is 32.2. The van der Waals surface area contributed by atoms with Crippen molar-refractivity contribution in [1.82, 2.24) is 9.55 Å². The first-order valence-corrected chi connectivity index (χ1v) is 7.75. The predicted octanol–water partition coefficient (Wildman–Crippen LogP) is 1.32. The second kappa shape index (κ2) is 5.64. The average Bonchev–Trinajstić information content (AvgIpc) is 2.63. The summed E-state index contributed by atoms with van der Waals surface area (Å²) < 4.78 is 23.8. The molecule has 5 nitrogen and oxygen atoms in total. The predicted molar refractivity (Wildman–Crippen MR) is 66.5 cm³/mol. The molecule has 6 heteroatoms. The van der Waals surface area contributed by atoms with Gasteiger partial charge in [-0.15, -0.1) is 0 Å². The molecule has 98 valence electrons. The molecule has 0 saturated carbocycles. The zero-order valence-electron chi connectivity index (χ0n) is 10.5. The Balaban J connectivity index is 2.58. The summed E-state index contributed by atoms with van der Waals surface area (Å²) in [5.74, 6) is 0.111. The molecule has 1 unspecified atom stereocenters. The van der Waals surface area contributed by atoms with Crippen LogP contribution >= 0.6 is 0 Å². The van der Waals surface area contributed by atoms with Gasteiger partial charge in [0.2, 0.25) is 0 Å². The summed E-state index contributed by atoms with van der Waals surface area (Å²) in [7, 11) is -2.95. The Morgan fingerprint density at radius 2 is 2.12 bits per heavy atom. The van der Waals surface area contributed by atoms with Gasteiger partial charge in [0.05, 0.1) is 24.3 Å². The highest BCUT2D eigenvalue weighted by Gasteiger charge is 2.15. The molecule has 1 heterocycles. The van der Waals surface area contributed by atoms with Crippen LogP contribution in [0.1, 0.15) is 44.5 Å². The fraction of sp³-hybridized carbons (Fsp3) is 0.727. The van der Waals surface area contributed by atoms with E-state index in [0.29, 0.717) is 12.8 Å². The minimum Gasteiger partial charge on any atom is -0.387 e. The number of hydrogen-bond donors (Lipinski definition) is 1. The van der Waals surface area contributed by atoms with E-state index in [0.717, 1.165) is 5.69 Å². The van der Waals surface area contributed by atoms with Crippen molar-refractivity contribution >= 4 is 9.84 Å². The van der Waals surface area contributed by atoms with E-state index >= 15 is 0 Å². The Kier molecular flexibility index (Phi) is 4.70. The molecule has 0 aromatic carbocycles. The summed E-state index contributed by atoms with van der Waals surface area (Å²) >= 11 is 0. The SMILES string of the molecule is CC(C)n1cncc1C(O)CCCS(C)(=O)=O. The molecule has 1 N–H and O–H groups in total. The van der Waals surface area contributed by atoms with Crippen molar-refractivity contribution in [3.8, 4) is 0 Å². The maximum atomic E-state index is 11.0. The van der Waals surface area contributed by atoms with E-state index in [-0.39, 0.29) is 11.8 Å². The van der Waals surface area contributed by atoms with Crippen LogP contribution < -0.4 is 0 Å². The fourth-order valence-electron chi connectivity index (χ4n) is 1.69. The third kappa shape index (κ3) is 4.47. The van der Waals surface area contributed by atoms with Crippen molar-refractivity contribution in [3.63, 3.8) is 0 Å². The molecule has 1 rings (SSSR count). The summed E-state index contributed by atoms with van der Waals surface area (Å²) in [5, 5.41) is 9.98. The lowest BCUT2D eigenvalue weighted by atomic mass is 10.1. The van der Waals surface area contributed by atoms with Gasteiger partial charge in [-0.2, -0.15) is 0 Å². The number of aliphatic hydroxyl groups is 1. The number of imidazole rings is 1. The highest BCUT2D eigenvalue weighted by Crippen LogP contribution is 2.21. The van der Waals surface area contributed by atoms with Crippen LogP contribution in [0.3, 0.4) is 0 Å². The molecule has 0 aliphatic carbocycles. The van der Waals surface area contributed by atoms with Crippen LogP contribution in [-0.2, 0) is 9.84 Å². The molecule has 1 aromatic rings. The first-order chi connectivity index (χ1) is 7.81. The molecule has 0 aliphatic heterocycles. The lowest BCUT2D eigenvalue weighted by Gasteiger charge is -2.16. The molecule has 17 heavy (non-hydrogen) atoms. The second-order valence-corrected chi connectivity index (χ2v) is 6.87. The van der Waals surface area contributed by atoms with Gasteiger partial charge in [-0.3, -0.25) is 0 Å². The molecule has 1 atom stereocenters. The summed E-state index contributed by atoms with van der Waals surface area (Å²) in [6.07, 6.45) is 4.76. The van der Waals surface area contributed by atoms with Crippen LogP contribution in [0.25, 0.3) is 0 Å². The van der Waals surface area contributed by atoms with E-state index in [1.54, 1.807) is 12.5 Å². The van der Waals surface area contributed by atoms with Gasteiger partial charge >= 0.3 is 0 Å². The molecular formula is C11H20N2O3S. The number of hydrogen-bond acceptors (Lipinski definition) is 4. The van der Waals surface area contributed by atoms with Crippen LogP contribution in [0.2, 0.25) is 0 Å². The molecule has 0 bridgehead atoms. The van der Waals surface area contributed by atoms with Crippen molar-refractivity contribution in [2.75, 3.05) is 12.0 Å². The normalized spacial score (nSPS) is 14.2. The second-order valence-electron chi connectivity index (χ2n) is 4.61. The number of aromatic nitrogens is 2. The Morgan fingerprint density at radius 3 is 2.65 bits per heavy atom. The quantitative estimate of drug-likeness (QED) is 0.837. The molecule has 0 spiro atoms. The van der Waals surface area contributed by atoms with Gasteiger partial charge in [0.1, 0.15) is 9.84 Å². The fourth-order valence-corrected chi connectivity index (χ4v) is 2.38. The van der Waals surface area contributed by atoms with E-state index < -0.39 is 15.9 Å². The summed E-state index contributed by atoms with van der Waals surface area (Å²) in [5.41, 5.74) is 0.744. The maximum absolute atomic E-state index is 11.0. The van der Waals surface area contributed by atoms with Gasteiger partial charge in [-0.25, -0.2) is 13.4 Å². The number of rotatable bonds is 6. The molecule has 0 saturated heterocycles. The van der Waals surface area contributed by atoms with Gasteiger partial charge in [-0.1, -0.05) is 0 Å². The van der Waals surface area contributed by atoms with E-state index in [9.17, 15) is 13.5 Å². The molecule has 0 fully saturated rings. The largest absolute Gasteiger partial charge is 0.387 e. The van der Waals surface area contributed by atoms with Crippen LogP contribution in [0, 0.1) is 0 Å². The van der Waals surface area contributed by atoms with E-state index in [1.807, 2.05) is 18.4 Å². The van der Waals surface area contributed by atoms with Crippen LogP contribution in [0.5, 0.6) is 0 Å². The number of nitrogens with zero attached hydrogens (tertiary/aromatic N) is 2. The van der Waals surface area contributed by atoms with Crippen LogP contribution in [0.4, 0.5) is 0 Å². The molecule has 0 radical (unpaired) electrons. The minimum absolute atomic E-state index is 0.111. The summed E-state index contributed by atoms with van der Waals surface area (Å²) in [4.78, 5) is 4.01. The van der Waals surface area contributed by atoms with Crippen molar-refractivity contribution < 1.29 is 13.5 Å². The van der Waals surface area contributed by atoms with E-state index in [4.69, 9.17) is 0 Å². The lowest BCUT2D eigenvalue weighted by Crippen LogP contribution is -2.11. The van der Waals surface area contributed by atoms with Gasteiger partial charge in [0, 0.05) is 18.1 Å². The van der Waals surface area contributed by atoms with Gasteiger partial charge in [0.15, 0.2) is 0 Å². The molecule has 0 amide bonds. The first kappa shape index (κ1) is 14.2. The number of sulfone groups is 1. The van der Waals surface area contributed by atoms with Crippen LogP contribution in [-0.4, -0.2) is 35.1 Å². The van der Waals surface area contributed by atoms with Crippen LogP contribution in [0.15, 0.2) is 12.5 Å². The average molecular weight is 260 g/mol. The van der Waals surface area contributed by atoms with Crippen molar-refractivity contribution in [2.45, 2.75) is 38.8 Å². The monoisotopic (exact) mass is 260 g/mol. The Bertz CT molecular complexity index is 451. The third-order valence-corrected chi connectivity index (χ3v) is 3.62. The minimum atomic E-state index is -2.95. The Labute approximate surface area is 102 Å². The van der Waals surface area contributed by atoms with E-state index in [1.165, 1.54) is 6.26 Å². The molecule has 1 aromatic heterocycles. The van der Waals surface area contributed by atoms with Crippen molar-refractivity contribution in [2.24, 2.45) is 0 Å². The maximum Gasteiger partial charge on any atom is 0.147 e. The van der Waals surface area contributed by atoms with E-state index in [2.05, 4.69) is 4.98 Å². The zero-order valence-corrected chi connectivity index (χ0v) is 11.3. The molecular weight excluding hydrogens is 240 g/mol. The topological polar surface area (TPSA) is 72.2 Å². The first-order valence-electron chi connectivity index (χ1n) is 5.69. The van der Waals surface area contributed by atoms with Gasteiger partial charge < -0.3 is 9.67 Å². The number of aliphatic hydroxyl groups excluding tert-OH is 1.